The van der Waals surface area contributed by atoms with Crippen molar-refractivity contribution in [2.24, 2.45) is 0 Å². The Morgan fingerprint density at radius 1 is 1.55 bits per heavy atom. The van der Waals surface area contributed by atoms with Crippen LogP contribution in [0.3, 0.4) is 0 Å². The Hall–Kier alpha value is -1.03. The van der Waals surface area contributed by atoms with Gasteiger partial charge in [0, 0.05) is 10.6 Å². The number of nitrogen functional groups attached to an aromatic ring is 1. The van der Waals surface area contributed by atoms with E-state index < -0.39 is 5.37 Å². The maximum absolute atomic E-state index is 11.8. The fourth-order valence-corrected chi connectivity index (χ4v) is 1.20. The average Bonchev–Trinajstić information content (AvgIpc) is 1.85. The summed E-state index contributed by atoms with van der Waals surface area (Å²) in [5.41, 5.74) is 5.91. The van der Waals surface area contributed by atoms with Gasteiger partial charge in [-0.25, -0.2) is 4.79 Å². The molecule has 0 heterocycles. The Bertz CT molecular complexity index is 277. The molecule has 0 aliphatic rings. The first-order valence-electron chi connectivity index (χ1n) is 2.91. The molecule has 0 aliphatic carbocycles. The molecule has 0 amide bonds. The Morgan fingerprint density at radius 3 is 2.82 bits per heavy atom. The van der Waals surface area contributed by atoms with E-state index in [9.17, 15) is 9.18 Å². The van der Waals surface area contributed by atoms with Crippen molar-refractivity contribution in [2.75, 3.05) is 5.73 Å². The van der Waals surface area contributed by atoms with E-state index in [0.717, 1.165) is 0 Å². The molecule has 4 heteroatoms. The molecule has 0 saturated heterocycles. The standard InChI is InChI=1S/C7H6FNOS/c8-7(10)11-6-3-1-2-5(9)4-6/h1-4H,9H2. The summed E-state index contributed by atoms with van der Waals surface area (Å²) in [6.45, 7) is 0. The molecular weight excluding hydrogens is 165 g/mol. The van der Waals surface area contributed by atoms with Crippen molar-refractivity contribution >= 4 is 22.8 Å². The van der Waals surface area contributed by atoms with Crippen LogP contribution in [0.4, 0.5) is 14.9 Å². The summed E-state index contributed by atoms with van der Waals surface area (Å²) in [5, 5.41) is -1.42. The third kappa shape index (κ3) is 2.59. The van der Waals surface area contributed by atoms with Crippen molar-refractivity contribution in [3.05, 3.63) is 24.3 Å². The van der Waals surface area contributed by atoms with Crippen LogP contribution in [0.25, 0.3) is 0 Å². The summed E-state index contributed by atoms with van der Waals surface area (Å²) >= 11 is 0.527. The number of benzene rings is 1. The summed E-state index contributed by atoms with van der Waals surface area (Å²) in [7, 11) is 0. The fourth-order valence-electron chi connectivity index (χ4n) is 0.671. The minimum atomic E-state index is -1.42. The molecule has 0 unspecified atom stereocenters. The Morgan fingerprint density at radius 2 is 2.27 bits per heavy atom. The quantitative estimate of drug-likeness (QED) is 0.401. The molecule has 0 bridgehead atoms. The second kappa shape index (κ2) is 3.39. The summed E-state index contributed by atoms with van der Waals surface area (Å²) in [4.78, 5) is 10.5. The predicted molar refractivity (Wildman–Crippen MR) is 43.2 cm³/mol. The third-order valence-corrected chi connectivity index (χ3v) is 1.71. The topological polar surface area (TPSA) is 43.1 Å². The van der Waals surface area contributed by atoms with Gasteiger partial charge in [0.05, 0.1) is 0 Å². The van der Waals surface area contributed by atoms with Gasteiger partial charge in [0.25, 0.3) is 0 Å². The van der Waals surface area contributed by atoms with Crippen LogP contribution >= 0.6 is 11.8 Å². The first kappa shape index (κ1) is 8.07. The van der Waals surface area contributed by atoms with E-state index in [-0.39, 0.29) is 0 Å². The van der Waals surface area contributed by atoms with Crippen LogP contribution in [-0.4, -0.2) is 5.37 Å². The van der Waals surface area contributed by atoms with E-state index in [4.69, 9.17) is 5.73 Å². The zero-order valence-corrected chi connectivity index (χ0v) is 6.40. The van der Waals surface area contributed by atoms with Crippen LogP contribution < -0.4 is 5.73 Å². The van der Waals surface area contributed by atoms with Crippen molar-refractivity contribution in [1.29, 1.82) is 0 Å². The molecule has 58 valence electrons. The monoisotopic (exact) mass is 171 g/mol. The summed E-state index contributed by atoms with van der Waals surface area (Å²) in [6.07, 6.45) is 0. The number of hydrogen-bond acceptors (Lipinski definition) is 3. The Kier molecular flexibility index (Phi) is 2.48. The molecular formula is C7H6FNOS. The Balaban J connectivity index is 2.79. The van der Waals surface area contributed by atoms with Gasteiger partial charge in [-0.2, -0.15) is 4.39 Å². The van der Waals surface area contributed by atoms with Crippen molar-refractivity contribution in [1.82, 2.24) is 0 Å². The zero-order chi connectivity index (χ0) is 8.27. The normalized spacial score (nSPS) is 9.55. The highest BCUT2D eigenvalue weighted by Crippen LogP contribution is 2.21. The van der Waals surface area contributed by atoms with Crippen LogP contribution in [0.1, 0.15) is 0 Å². The van der Waals surface area contributed by atoms with Gasteiger partial charge < -0.3 is 5.73 Å². The van der Waals surface area contributed by atoms with Crippen LogP contribution in [0.15, 0.2) is 29.2 Å². The van der Waals surface area contributed by atoms with Gasteiger partial charge in [-0.05, 0) is 30.0 Å². The van der Waals surface area contributed by atoms with Crippen LogP contribution in [-0.2, 0) is 0 Å². The maximum atomic E-state index is 11.8. The summed E-state index contributed by atoms with van der Waals surface area (Å²) in [5.74, 6) is 0. The van der Waals surface area contributed by atoms with E-state index in [1.807, 2.05) is 0 Å². The molecule has 0 fully saturated rings. The van der Waals surface area contributed by atoms with E-state index >= 15 is 0 Å². The van der Waals surface area contributed by atoms with Crippen molar-refractivity contribution in [3.8, 4) is 0 Å². The zero-order valence-electron chi connectivity index (χ0n) is 5.58. The molecule has 0 radical (unpaired) electrons. The molecule has 11 heavy (non-hydrogen) atoms. The van der Waals surface area contributed by atoms with E-state index in [1.54, 1.807) is 24.3 Å². The largest absolute Gasteiger partial charge is 0.399 e. The van der Waals surface area contributed by atoms with Gasteiger partial charge in [-0.3, -0.25) is 0 Å². The highest BCUT2D eigenvalue weighted by Gasteiger charge is 2.00. The minimum Gasteiger partial charge on any atom is -0.399 e. The lowest BCUT2D eigenvalue weighted by molar-refractivity contribution is 0.245. The molecule has 1 aromatic rings. The molecule has 0 spiro atoms. The van der Waals surface area contributed by atoms with Gasteiger partial charge in [0.1, 0.15) is 0 Å². The number of carbonyl (C=O) groups is 1. The second-order valence-corrected chi connectivity index (χ2v) is 2.91. The first-order valence-corrected chi connectivity index (χ1v) is 3.73. The number of carbonyl (C=O) groups excluding carboxylic acids is 1. The highest BCUT2D eigenvalue weighted by atomic mass is 32.2. The summed E-state index contributed by atoms with van der Waals surface area (Å²) < 4.78 is 11.8. The van der Waals surface area contributed by atoms with Gasteiger partial charge >= 0.3 is 5.37 Å². The lowest BCUT2D eigenvalue weighted by Gasteiger charge is -1.95. The molecule has 0 saturated carbocycles. The van der Waals surface area contributed by atoms with Gasteiger partial charge in [0.15, 0.2) is 0 Å². The molecule has 0 atom stereocenters. The van der Waals surface area contributed by atoms with Gasteiger partial charge in [-0.15, -0.1) is 0 Å². The minimum absolute atomic E-state index is 0.524. The van der Waals surface area contributed by atoms with Crippen molar-refractivity contribution < 1.29 is 9.18 Å². The number of anilines is 1. The predicted octanol–water partition coefficient (Wildman–Crippen LogP) is 2.45. The molecule has 0 aromatic heterocycles. The molecule has 0 aliphatic heterocycles. The number of rotatable bonds is 1. The van der Waals surface area contributed by atoms with E-state index in [0.29, 0.717) is 22.3 Å². The number of hydrogen-bond donors (Lipinski definition) is 1. The van der Waals surface area contributed by atoms with E-state index in [2.05, 4.69) is 0 Å². The summed E-state index contributed by atoms with van der Waals surface area (Å²) in [6, 6.07) is 6.51. The first-order chi connectivity index (χ1) is 5.18. The van der Waals surface area contributed by atoms with Crippen LogP contribution in [0.5, 0.6) is 0 Å². The average molecular weight is 171 g/mol. The Labute approximate surface area is 67.6 Å². The highest BCUT2D eigenvalue weighted by molar-refractivity contribution is 8.13. The SMILES string of the molecule is Nc1cccc(SC(=O)F)c1. The second-order valence-electron chi connectivity index (χ2n) is 1.91. The molecule has 1 rings (SSSR count). The maximum Gasteiger partial charge on any atom is 0.364 e. The smallest absolute Gasteiger partial charge is 0.364 e. The van der Waals surface area contributed by atoms with Crippen molar-refractivity contribution in [2.45, 2.75) is 4.90 Å². The van der Waals surface area contributed by atoms with Gasteiger partial charge in [-0.1, -0.05) is 6.07 Å². The van der Waals surface area contributed by atoms with Gasteiger partial charge in [0.2, 0.25) is 0 Å². The van der Waals surface area contributed by atoms with Crippen LogP contribution in [0, 0.1) is 0 Å². The number of thioether (sulfide) groups is 1. The molecule has 2 N–H and O–H groups in total. The lowest BCUT2D eigenvalue weighted by atomic mass is 10.3. The number of halogens is 1. The third-order valence-electron chi connectivity index (χ3n) is 1.06. The van der Waals surface area contributed by atoms with E-state index in [1.165, 1.54) is 0 Å². The molecule has 1 aromatic carbocycles. The fraction of sp³-hybridized carbons (Fsp3) is 0. The number of nitrogens with two attached hydrogens (primary N) is 1. The van der Waals surface area contributed by atoms with Crippen LogP contribution in [0.2, 0.25) is 0 Å². The van der Waals surface area contributed by atoms with Crippen molar-refractivity contribution in [3.63, 3.8) is 0 Å². The lowest BCUT2D eigenvalue weighted by Crippen LogP contribution is -1.84. The molecule has 2 nitrogen and oxygen atoms in total.